The summed E-state index contributed by atoms with van der Waals surface area (Å²) in [5.41, 5.74) is 1.85. The fraction of sp³-hybridized carbons (Fsp3) is 0.417. The molecule has 0 saturated heterocycles. The number of rotatable bonds is 5. The first-order valence-corrected chi connectivity index (χ1v) is 6.89. The summed E-state index contributed by atoms with van der Waals surface area (Å²) in [5, 5.41) is 0. The number of aldehydes is 1. The van der Waals surface area contributed by atoms with Crippen LogP contribution in [0.2, 0.25) is 0 Å². The van der Waals surface area contributed by atoms with Crippen molar-refractivity contribution < 1.29 is 17.9 Å². The number of aryl methyl sites for hydroxylation is 2. The Balaban J connectivity index is 3.29. The molecule has 17 heavy (non-hydrogen) atoms. The SMILES string of the molecule is COc1cc(C)c(C)cc1S(=O)(=O)CCC=O. The predicted octanol–water partition coefficient (Wildman–Crippen LogP) is 1.67. The molecule has 0 atom stereocenters. The monoisotopic (exact) mass is 256 g/mol. The van der Waals surface area contributed by atoms with Crippen molar-refractivity contribution in [3.63, 3.8) is 0 Å². The highest BCUT2D eigenvalue weighted by atomic mass is 32.2. The molecule has 0 aliphatic heterocycles. The Hall–Kier alpha value is -1.36. The zero-order valence-corrected chi connectivity index (χ0v) is 11.0. The van der Waals surface area contributed by atoms with E-state index in [9.17, 15) is 13.2 Å². The van der Waals surface area contributed by atoms with Crippen molar-refractivity contribution in [2.24, 2.45) is 0 Å². The van der Waals surface area contributed by atoms with E-state index in [0.29, 0.717) is 12.0 Å². The summed E-state index contributed by atoms with van der Waals surface area (Å²) in [5.74, 6) is 0.147. The second-order valence-electron chi connectivity index (χ2n) is 3.86. The Morgan fingerprint density at radius 3 is 2.35 bits per heavy atom. The molecule has 0 saturated carbocycles. The van der Waals surface area contributed by atoms with E-state index in [-0.39, 0.29) is 17.1 Å². The summed E-state index contributed by atoms with van der Waals surface area (Å²) >= 11 is 0. The quantitative estimate of drug-likeness (QED) is 0.752. The van der Waals surface area contributed by atoms with Gasteiger partial charge >= 0.3 is 0 Å². The highest BCUT2D eigenvalue weighted by molar-refractivity contribution is 7.91. The van der Waals surface area contributed by atoms with Crippen molar-refractivity contribution >= 4 is 16.1 Å². The maximum absolute atomic E-state index is 12.0. The molecule has 0 aromatic heterocycles. The summed E-state index contributed by atoms with van der Waals surface area (Å²) in [6.07, 6.45) is 0.601. The summed E-state index contributed by atoms with van der Waals surface area (Å²) in [6.45, 7) is 3.73. The predicted molar refractivity (Wildman–Crippen MR) is 65.2 cm³/mol. The van der Waals surface area contributed by atoms with Crippen molar-refractivity contribution in [1.29, 1.82) is 0 Å². The van der Waals surface area contributed by atoms with E-state index in [1.54, 1.807) is 12.1 Å². The van der Waals surface area contributed by atoms with Gasteiger partial charge in [-0.25, -0.2) is 8.42 Å². The molecule has 4 nitrogen and oxygen atoms in total. The van der Waals surface area contributed by atoms with E-state index in [1.807, 2.05) is 13.8 Å². The zero-order chi connectivity index (χ0) is 13.1. The number of methoxy groups -OCH3 is 1. The van der Waals surface area contributed by atoms with Crippen molar-refractivity contribution in [2.45, 2.75) is 25.2 Å². The van der Waals surface area contributed by atoms with Crippen molar-refractivity contribution in [3.8, 4) is 5.75 Å². The van der Waals surface area contributed by atoms with E-state index in [1.165, 1.54) is 7.11 Å². The van der Waals surface area contributed by atoms with E-state index in [0.717, 1.165) is 11.1 Å². The molecular formula is C12H16O4S. The summed E-state index contributed by atoms with van der Waals surface area (Å²) < 4.78 is 29.1. The van der Waals surface area contributed by atoms with Gasteiger partial charge in [0.1, 0.15) is 16.9 Å². The van der Waals surface area contributed by atoms with Crippen LogP contribution in [0, 0.1) is 13.8 Å². The lowest BCUT2D eigenvalue weighted by atomic mass is 10.1. The normalized spacial score (nSPS) is 11.2. The first-order chi connectivity index (χ1) is 7.92. The molecule has 0 radical (unpaired) electrons. The summed E-state index contributed by atoms with van der Waals surface area (Å²) in [4.78, 5) is 10.4. The first kappa shape index (κ1) is 13.7. The molecule has 0 spiro atoms. The van der Waals surface area contributed by atoms with Gasteiger partial charge in [-0.3, -0.25) is 0 Å². The lowest BCUT2D eigenvalue weighted by Gasteiger charge is -2.11. The van der Waals surface area contributed by atoms with Crippen molar-refractivity contribution in [1.82, 2.24) is 0 Å². The van der Waals surface area contributed by atoms with Gasteiger partial charge in [0.15, 0.2) is 9.84 Å². The summed E-state index contributed by atoms with van der Waals surface area (Å²) in [6, 6.07) is 3.29. The average molecular weight is 256 g/mol. The van der Waals surface area contributed by atoms with Gasteiger partial charge < -0.3 is 9.53 Å². The maximum Gasteiger partial charge on any atom is 0.182 e. The van der Waals surface area contributed by atoms with Crippen LogP contribution in [0.4, 0.5) is 0 Å². The maximum atomic E-state index is 12.0. The van der Waals surface area contributed by atoms with Crippen LogP contribution in [-0.2, 0) is 14.6 Å². The third-order valence-electron chi connectivity index (χ3n) is 2.62. The van der Waals surface area contributed by atoms with Crippen LogP contribution in [0.5, 0.6) is 5.75 Å². The molecule has 5 heteroatoms. The topological polar surface area (TPSA) is 60.4 Å². The van der Waals surface area contributed by atoms with E-state index in [4.69, 9.17) is 4.74 Å². The smallest absolute Gasteiger partial charge is 0.182 e. The number of carbonyl (C=O) groups excluding carboxylic acids is 1. The van der Waals surface area contributed by atoms with Crippen molar-refractivity contribution in [2.75, 3.05) is 12.9 Å². The number of carbonyl (C=O) groups is 1. The van der Waals surface area contributed by atoms with Gasteiger partial charge in [0.2, 0.25) is 0 Å². The van der Waals surface area contributed by atoms with Crippen LogP contribution in [-0.4, -0.2) is 27.6 Å². The molecule has 0 unspecified atom stereocenters. The minimum absolute atomic E-state index is 0.00158. The third kappa shape index (κ3) is 3.06. The molecule has 0 amide bonds. The van der Waals surface area contributed by atoms with Gasteiger partial charge in [-0.1, -0.05) is 0 Å². The standard InChI is InChI=1S/C12H16O4S/c1-9-7-11(16-3)12(8-10(9)2)17(14,15)6-4-5-13/h5,7-8H,4,6H2,1-3H3. The molecule has 94 valence electrons. The Bertz CT molecular complexity index is 518. The molecule has 0 fully saturated rings. The van der Waals surface area contributed by atoms with E-state index in [2.05, 4.69) is 0 Å². The molecule has 0 heterocycles. The fourth-order valence-electron chi connectivity index (χ4n) is 1.48. The lowest BCUT2D eigenvalue weighted by molar-refractivity contribution is -0.107. The fourth-order valence-corrected chi connectivity index (χ4v) is 2.91. The first-order valence-electron chi connectivity index (χ1n) is 5.24. The van der Waals surface area contributed by atoms with Crippen LogP contribution in [0.3, 0.4) is 0 Å². The van der Waals surface area contributed by atoms with Gasteiger partial charge in [0, 0.05) is 6.42 Å². The zero-order valence-electron chi connectivity index (χ0n) is 10.2. The number of benzene rings is 1. The number of hydrogen-bond acceptors (Lipinski definition) is 4. The molecule has 0 aliphatic rings. The number of sulfone groups is 1. The highest BCUT2D eigenvalue weighted by Gasteiger charge is 2.20. The van der Waals surface area contributed by atoms with Crippen LogP contribution in [0.1, 0.15) is 17.5 Å². The molecule has 0 bridgehead atoms. The molecular weight excluding hydrogens is 240 g/mol. The van der Waals surface area contributed by atoms with E-state index >= 15 is 0 Å². The lowest BCUT2D eigenvalue weighted by Crippen LogP contribution is -2.09. The number of ether oxygens (including phenoxy) is 1. The van der Waals surface area contributed by atoms with E-state index < -0.39 is 9.84 Å². The van der Waals surface area contributed by atoms with Crippen LogP contribution in [0.25, 0.3) is 0 Å². The third-order valence-corrected chi connectivity index (χ3v) is 4.38. The van der Waals surface area contributed by atoms with Gasteiger partial charge in [-0.2, -0.15) is 0 Å². The Morgan fingerprint density at radius 1 is 1.24 bits per heavy atom. The van der Waals surface area contributed by atoms with Gasteiger partial charge in [0.25, 0.3) is 0 Å². The molecule has 1 aromatic rings. The number of hydrogen-bond donors (Lipinski definition) is 0. The Labute approximate surface area is 102 Å². The minimum Gasteiger partial charge on any atom is -0.495 e. The second-order valence-corrected chi connectivity index (χ2v) is 5.94. The van der Waals surface area contributed by atoms with Gasteiger partial charge in [0.05, 0.1) is 12.9 Å². The van der Waals surface area contributed by atoms with Crippen LogP contribution < -0.4 is 4.74 Å². The van der Waals surface area contributed by atoms with Crippen LogP contribution >= 0.6 is 0 Å². The van der Waals surface area contributed by atoms with Crippen molar-refractivity contribution in [3.05, 3.63) is 23.3 Å². The second kappa shape index (κ2) is 5.31. The highest BCUT2D eigenvalue weighted by Crippen LogP contribution is 2.28. The molecule has 1 rings (SSSR count). The molecule has 0 N–H and O–H groups in total. The summed E-state index contributed by atoms with van der Waals surface area (Å²) in [7, 11) is -2.03. The Morgan fingerprint density at radius 2 is 1.82 bits per heavy atom. The minimum atomic E-state index is -3.46. The Kier molecular flexibility index (Phi) is 4.28. The molecule has 0 aliphatic carbocycles. The van der Waals surface area contributed by atoms with Crippen LogP contribution in [0.15, 0.2) is 17.0 Å². The van der Waals surface area contributed by atoms with Gasteiger partial charge in [-0.15, -0.1) is 0 Å². The largest absolute Gasteiger partial charge is 0.495 e. The molecule has 1 aromatic carbocycles. The van der Waals surface area contributed by atoms with Gasteiger partial charge in [-0.05, 0) is 37.1 Å². The average Bonchev–Trinajstić information content (AvgIpc) is 2.29.